The van der Waals surface area contributed by atoms with Crippen molar-refractivity contribution in [3.63, 3.8) is 0 Å². The van der Waals surface area contributed by atoms with Gasteiger partial charge >= 0.3 is 0 Å². The molecule has 0 unspecified atom stereocenters. The summed E-state index contributed by atoms with van der Waals surface area (Å²) in [6.45, 7) is 6.46. The fraction of sp³-hybridized carbons (Fsp3) is 0.706. The van der Waals surface area contributed by atoms with Gasteiger partial charge in [-0.3, -0.25) is 4.99 Å². The number of nitrogens with zero attached hydrogens (tertiary/aromatic N) is 2. The van der Waals surface area contributed by atoms with Crippen molar-refractivity contribution in [3.05, 3.63) is 17.5 Å². The highest BCUT2D eigenvalue weighted by Gasteiger charge is 2.19. The Bertz CT molecular complexity index is 638. The molecule has 1 aromatic heterocycles. The first kappa shape index (κ1) is 21.1. The zero-order chi connectivity index (χ0) is 18.8. The maximum Gasteiger partial charge on any atom is 0.250 e. The third-order valence-corrected chi connectivity index (χ3v) is 7.31. The van der Waals surface area contributed by atoms with Crippen molar-refractivity contribution >= 4 is 27.3 Å². The van der Waals surface area contributed by atoms with Crippen molar-refractivity contribution in [3.8, 4) is 0 Å². The molecule has 2 rings (SSSR count). The average molecular weight is 402 g/mol. The maximum atomic E-state index is 12.1. The molecule has 148 valence electrons. The summed E-state index contributed by atoms with van der Waals surface area (Å²) in [5, 5.41) is 8.38. The molecule has 3 N–H and O–H groups in total. The molecule has 0 aliphatic carbocycles. The number of rotatable bonds is 9. The molecule has 0 spiro atoms. The SMILES string of the molecule is CCCCN1CCC(NC(=NC)NCCNS(=O)(=O)c2cccs2)CC1. The summed E-state index contributed by atoms with van der Waals surface area (Å²) in [5.74, 6) is 0.729. The molecule has 9 heteroatoms. The monoisotopic (exact) mass is 401 g/mol. The summed E-state index contributed by atoms with van der Waals surface area (Å²) in [4.78, 5) is 6.77. The van der Waals surface area contributed by atoms with Crippen molar-refractivity contribution in [2.75, 3.05) is 39.8 Å². The lowest BCUT2D eigenvalue weighted by Gasteiger charge is -2.33. The van der Waals surface area contributed by atoms with Gasteiger partial charge in [-0.25, -0.2) is 13.1 Å². The van der Waals surface area contributed by atoms with Crippen molar-refractivity contribution in [2.45, 2.75) is 42.9 Å². The summed E-state index contributed by atoms with van der Waals surface area (Å²) in [7, 11) is -1.66. The minimum Gasteiger partial charge on any atom is -0.355 e. The highest BCUT2D eigenvalue weighted by Crippen LogP contribution is 2.14. The van der Waals surface area contributed by atoms with Crippen LogP contribution in [-0.2, 0) is 10.0 Å². The van der Waals surface area contributed by atoms with E-state index >= 15 is 0 Å². The molecule has 1 aliphatic rings. The van der Waals surface area contributed by atoms with Crippen LogP contribution >= 0.6 is 11.3 Å². The van der Waals surface area contributed by atoms with E-state index in [4.69, 9.17) is 0 Å². The fourth-order valence-electron chi connectivity index (χ4n) is 2.92. The maximum absolute atomic E-state index is 12.1. The van der Waals surface area contributed by atoms with Gasteiger partial charge < -0.3 is 15.5 Å². The quantitative estimate of drug-likeness (QED) is 0.331. The second-order valence-corrected chi connectivity index (χ2v) is 9.38. The van der Waals surface area contributed by atoms with Gasteiger partial charge in [0, 0.05) is 39.3 Å². The van der Waals surface area contributed by atoms with Crippen molar-refractivity contribution in [1.82, 2.24) is 20.3 Å². The first-order chi connectivity index (χ1) is 12.5. The van der Waals surface area contributed by atoms with Crippen LogP contribution in [0, 0.1) is 0 Å². The van der Waals surface area contributed by atoms with Gasteiger partial charge in [-0.05, 0) is 37.3 Å². The Labute approximate surface area is 161 Å². The van der Waals surface area contributed by atoms with Gasteiger partial charge in [0.25, 0.3) is 0 Å². The molecule has 1 fully saturated rings. The molecule has 0 radical (unpaired) electrons. The standard InChI is InChI=1S/C17H31N5O2S2/c1-3-4-11-22-12-7-15(8-13-22)21-17(18-2)19-9-10-20-26(23,24)16-6-5-14-25-16/h5-6,14-15,20H,3-4,7-13H2,1-2H3,(H2,18,19,21). The van der Waals surface area contributed by atoms with Crippen LogP contribution in [0.2, 0.25) is 0 Å². The lowest BCUT2D eigenvalue weighted by Crippen LogP contribution is -2.49. The van der Waals surface area contributed by atoms with E-state index in [1.807, 2.05) is 0 Å². The normalized spacial score (nSPS) is 17.4. The number of aliphatic imine (C=N–C) groups is 1. The Morgan fingerprint density at radius 1 is 1.35 bits per heavy atom. The first-order valence-electron chi connectivity index (χ1n) is 9.28. The van der Waals surface area contributed by atoms with Crippen LogP contribution in [0.4, 0.5) is 0 Å². The van der Waals surface area contributed by atoms with Crippen LogP contribution in [0.25, 0.3) is 0 Å². The number of hydrogen-bond donors (Lipinski definition) is 3. The van der Waals surface area contributed by atoms with Crippen molar-refractivity contribution in [1.29, 1.82) is 0 Å². The Morgan fingerprint density at radius 3 is 2.73 bits per heavy atom. The zero-order valence-corrected chi connectivity index (χ0v) is 17.3. The van der Waals surface area contributed by atoms with Gasteiger partial charge in [0.05, 0.1) is 0 Å². The molecule has 1 saturated heterocycles. The number of likely N-dealkylation sites (tertiary alicyclic amines) is 1. The van der Waals surface area contributed by atoms with Crippen LogP contribution < -0.4 is 15.4 Å². The minimum atomic E-state index is -3.40. The fourth-order valence-corrected chi connectivity index (χ4v) is 4.99. The molecule has 1 aliphatic heterocycles. The smallest absolute Gasteiger partial charge is 0.250 e. The number of unbranched alkanes of at least 4 members (excludes halogenated alkanes) is 1. The number of guanidine groups is 1. The van der Waals surface area contributed by atoms with Crippen LogP contribution in [0.3, 0.4) is 0 Å². The van der Waals surface area contributed by atoms with Crippen molar-refractivity contribution < 1.29 is 8.42 Å². The van der Waals surface area contributed by atoms with Gasteiger partial charge in [0.15, 0.2) is 5.96 Å². The number of nitrogens with one attached hydrogen (secondary N) is 3. The van der Waals surface area contributed by atoms with Gasteiger partial charge in [-0.15, -0.1) is 11.3 Å². The van der Waals surface area contributed by atoms with E-state index in [9.17, 15) is 8.42 Å². The Hall–Kier alpha value is -1.16. The lowest BCUT2D eigenvalue weighted by molar-refractivity contribution is 0.203. The topological polar surface area (TPSA) is 85.8 Å². The zero-order valence-electron chi connectivity index (χ0n) is 15.7. The second-order valence-electron chi connectivity index (χ2n) is 6.44. The molecule has 0 amide bonds. The van der Waals surface area contributed by atoms with E-state index in [0.29, 0.717) is 23.3 Å². The predicted molar refractivity (Wildman–Crippen MR) is 108 cm³/mol. The molecule has 7 nitrogen and oxygen atoms in total. The number of sulfonamides is 1. The van der Waals surface area contributed by atoms with Crippen molar-refractivity contribution in [2.24, 2.45) is 4.99 Å². The van der Waals surface area contributed by atoms with E-state index in [0.717, 1.165) is 31.9 Å². The highest BCUT2D eigenvalue weighted by molar-refractivity contribution is 7.91. The first-order valence-corrected chi connectivity index (χ1v) is 11.6. The van der Waals surface area contributed by atoms with Crippen LogP contribution in [0.15, 0.2) is 26.7 Å². The van der Waals surface area contributed by atoms with Crippen LogP contribution in [0.5, 0.6) is 0 Å². The van der Waals surface area contributed by atoms with Crippen LogP contribution in [-0.4, -0.2) is 65.1 Å². The average Bonchev–Trinajstić information content (AvgIpc) is 3.19. The molecule has 0 aromatic carbocycles. The Kier molecular flexibility index (Phi) is 8.83. The number of hydrogen-bond acceptors (Lipinski definition) is 5. The van der Waals surface area contributed by atoms with E-state index < -0.39 is 10.0 Å². The molecule has 26 heavy (non-hydrogen) atoms. The highest BCUT2D eigenvalue weighted by atomic mass is 32.2. The molecular weight excluding hydrogens is 370 g/mol. The molecular formula is C17H31N5O2S2. The number of thiophene rings is 1. The third kappa shape index (κ3) is 6.86. The van der Waals surface area contributed by atoms with Gasteiger partial charge in [-0.2, -0.15) is 0 Å². The van der Waals surface area contributed by atoms with Gasteiger partial charge in [0.1, 0.15) is 4.21 Å². The van der Waals surface area contributed by atoms with E-state index in [-0.39, 0.29) is 0 Å². The lowest BCUT2D eigenvalue weighted by atomic mass is 10.0. The third-order valence-electron chi connectivity index (χ3n) is 4.45. The summed E-state index contributed by atoms with van der Waals surface area (Å²) in [6, 6.07) is 3.76. The largest absolute Gasteiger partial charge is 0.355 e. The Morgan fingerprint density at radius 2 is 2.12 bits per heavy atom. The molecule has 2 heterocycles. The number of piperidine rings is 1. The van der Waals surface area contributed by atoms with E-state index in [1.165, 1.54) is 30.7 Å². The van der Waals surface area contributed by atoms with Gasteiger partial charge in [0.2, 0.25) is 10.0 Å². The van der Waals surface area contributed by atoms with Gasteiger partial charge in [-0.1, -0.05) is 19.4 Å². The van der Waals surface area contributed by atoms with E-state index in [2.05, 4.69) is 32.2 Å². The summed E-state index contributed by atoms with van der Waals surface area (Å²) < 4.78 is 27.0. The van der Waals surface area contributed by atoms with Crippen LogP contribution in [0.1, 0.15) is 32.6 Å². The summed E-state index contributed by atoms with van der Waals surface area (Å²) in [5.41, 5.74) is 0. The molecule has 0 saturated carbocycles. The Balaban J connectivity index is 1.66. The second kappa shape index (κ2) is 10.9. The molecule has 0 bridgehead atoms. The minimum absolute atomic E-state index is 0.316. The predicted octanol–water partition coefficient (Wildman–Crippen LogP) is 1.46. The molecule has 0 atom stereocenters. The summed E-state index contributed by atoms with van der Waals surface area (Å²) in [6.07, 6.45) is 4.72. The molecule has 1 aromatic rings. The summed E-state index contributed by atoms with van der Waals surface area (Å²) >= 11 is 1.22. The van der Waals surface area contributed by atoms with E-state index in [1.54, 1.807) is 24.6 Å².